The van der Waals surface area contributed by atoms with Crippen molar-refractivity contribution in [3.8, 4) is 16.8 Å². The van der Waals surface area contributed by atoms with Crippen molar-refractivity contribution in [2.75, 3.05) is 0 Å². The van der Waals surface area contributed by atoms with Crippen molar-refractivity contribution in [3.63, 3.8) is 0 Å². The summed E-state index contributed by atoms with van der Waals surface area (Å²) in [5, 5.41) is 5.02. The van der Waals surface area contributed by atoms with Gasteiger partial charge in [-0.15, -0.1) is 0 Å². The zero-order chi connectivity index (χ0) is 27.5. The van der Waals surface area contributed by atoms with Crippen molar-refractivity contribution in [2.24, 2.45) is 0 Å². The van der Waals surface area contributed by atoms with Gasteiger partial charge in [0.1, 0.15) is 0 Å². The van der Waals surface area contributed by atoms with E-state index in [0.717, 1.165) is 5.52 Å². The van der Waals surface area contributed by atoms with Crippen LogP contribution in [0.4, 0.5) is 0 Å². The topological polar surface area (TPSA) is 25.6 Å². The van der Waals surface area contributed by atoms with Crippen molar-refractivity contribution >= 4 is 49.3 Å². The molecule has 3 aromatic heterocycles. The fourth-order valence-corrected chi connectivity index (χ4v) is 6.60. The fourth-order valence-electron chi connectivity index (χ4n) is 6.60. The number of H-pyrrole nitrogens is 1. The second-order valence-electron chi connectivity index (χ2n) is 10.7. The molecule has 3 heteroatoms. The Kier molecular flexibility index (Phi) is 5.26. The lowest BCUT2D eigenvalue weighted by atomic mass is 10.0. The number of benzene rings is 5. The number of nitrogens with one attached hydrogen (secondary N) is 1. The van der Waals surface area contributed by atoms with Gasteiger partial charge in [0, 0.05) is 50.2 Å². The molecule has 0 bridgehead atoms. The molecule has 0 aliphatic rings. The van der Waals surface area contributed by atoms with Crippen LogP contribution in [-0.2, 0) is 0 Å². The first-order valence-corrected chi connectivity index (χ1v) is 14.2. The Morgan fingerprint density at radius 3 is 2.20 bits per heavy atom. The lowest BCUT2D eigenvalue weighted by molar-refractivity contribution is 1.14. The van der Waals surface area contributed by atoms with Crippen molar-refractivity contribution in [1.29, 1.82) is 0 Å². The molecule has 0 aliphatic heterocycles. The quantitative estimate of drug-likeness (QED) is 0.236. The molecule has 5 aromatic carbocycles. The first-order valence-electron chi connectivity index (χ1n) is 14.2. The minimum Gasteiger partial charge on any atom is -0.358 e. The van der Waals surface area contributed by atoms with Gasteiger partial charge in [0.15, 0.2) is 0 Å². The molecule has 0 aliphatic carbocycles. The number of fused-ring (bicyclic) bond motifs is 6. The molecule has 0 saturated carbocycles. The van der Waals surface area contributed by atoms with E-state index in [-0.39, 0.29) is 0 Å². The Hall–Kier alpha value is -5.28. The zero-order valence-electron chi connectivity index (χ0n) is 23.1. The minimum atomic E-state index is 1.15. The maximum absolute atomic E-state index is 3.65. The highest BCUT2D eigenvalue weighted by Gasteiger charge is 2.20. The van der Waals surface area contributed by atoms with Gasteiger partial charge >= 0.3 is 0 Å². The summed E-state index contributed by atoms with van der Waals surface area (Å²) in [5.41, 5.74) is 12.0. The monoisotopic (exact) mass is 527 g/mol. The average Bonchev–Trinajstić information content (AvgIpc) is 3.70. The molecule has 0 fully saturated rings. The maximum Gasteiger partial charge on any atom is 0.0635 e. The van der Waals surface area contributed by atoms with Crippen molar-refractivity contribution < 1.29 is 0 Å². The first kappa shape index (κ1) is 23.6. The van der Waals surface area contributed by atoms with Gasteiger partial charge < -0.3 is 14.1 Å². The highest BCUT2D eigenvalue weighted by Crippen LogP contribution is 2.39. The van der Waals surface area contributed by atoms with Crippen LogP contribution in [0.3, 0.4) is 0 Å². The third-order valence-electron chi connectivity index (χ3n) is 8.40. The van der Waals surface area contributed by atoms with Gasteiger partial charge in [0.25, 0.3) is 0 Å². The van der Waals surface area contributed by atoms with E-state index in [1.54, 1.807) is 0 Å². The fraction of sp³-hybridized carbons (Fsp3) is 0.0526. The second-order valence-corrected chi connectivity index (χ2v) is 10.7. The van der Waals surface area contributed by atoms with Gasteiger partial charge in [-0.2, -0.15) is 0 Å². The number of aromatic amines is 1. The smallest absolute Gasteiger partial charge is 0.0635 e. The van der Waals surface area contributed by atoms with Crippen LogP contribution >= 0.6 is 0 Å². The highest BCUT2D eigenvalue weighted by molar-refractivity contribution is 6.18. The van der Waals surface area contributed by atoms with Crippen LogP contribution in [0.5, 0.6) is 0 Å². The van der Waals surface area contributed by atoms with E-state index in [0.29, 0.717) is 0 Å². The molecule has 0 amide bonds. The van der Waals surface area contributed by atoms with E-state index >= 15 is 0 Å². The largest absolute Gasteiger partial charge is 0.358 e. The molecule has 0 atom stereocenters. The Labute approximate surface area is 238 Å². The van der Waals surface area contributed by atoms with Gasteiger partial charge in [0.2, 0.25) is 0 Å². The van der Waals surface area contributed by atoms with E-state index in [1.807, 2.05) is 0 Å². The Balaban J connectivity index is 1.38. The molecule has 196 valence electrons. The highest BCUT2D eigenvalue weighted by atomic mass is 15.0. The number of nitrogens with zero attached hydrogens (tertiary/aromatic N) is 2. The molecule has 3 heterocycles. The molecule has 41 heavy (non-hydrogen) atoms. The number of hydrogen-bond donors (Lipinski definition) is 1. The molecule has 1 N–H and O–H groups in total. The van der Waals surface area contributed by atoms with Crippen LogP contribution in [0, 0.1) is 6.92 Å². The predicted molar refractivity (Wildman–Crippen MR) is 174 cm³/mol. The Bertz CT molecular complexity index is 2260. The van der Waals surface area contributed by atoms with Gasteiger partial charge in [0.05, 0.1) is 22.2 Å². The first-order chi connectivity index (χ1) is 20.2. The van der Waals surface area contributed by atoms with E-state index in [9.17, 15) is 0 Å². The van der Waals surface area contributed by atoms with Crippen LogP contribution in [0.15, 0.2) is 134 Å². The molecule has 8 rings (SSSR count). The second kappa shape index (κ2) is 9.14. The number of para-hydroxylation sites is 2. The predicted octanol–water partition coefficient (Wildman–Crippen LogP) is 10.1. The molecule has 8 aromatic rings. The summed E-state index contributed by atoms with van der Waals surface area (Å²) in [6, 6.07) is 43.6. The van der Waals surface area contributed by atoms with Crippen molar-refractivity contribution in [1.82, 2.24) is 14.1 Å². The van der Waals surface area contributed by atoms with E-state index in [4.69, 9.17) is 0 Å². The molecule has 0 saturated heterocycles. The zero-order valence-corrected chi connectivity index (χ0v) is 23.1. The summed E-state index contributed by atoms with van der Waals surface area (Å²) in [6.07, 6.45) is 4.47. The molecular formula is C38H29N3. The lowest BCUT2D eigenvalue weighted by Crippen LogP contribution is -1.99. The van der Waals surface area contributed by atoms with Gasteiger partial charge in [-0.25, -0.2) is 0 Å². The minimum absolute atomic E-state index is 1.15. The summed E-state index contributed by atoms with van der Waals surface area (Å²) in [4.78, 5) is 3.65. The SMILES string of the molecule is C/C=C(\c1c(C)[nH]c2ccc(-c3ccccc3)cc12)n1ccc2c1ccc1c3ccccc3n(-c3ccccc3)c12. The third kappa shape index (κ3) is 3.52. The Morgan fingerprint density at radius 1 is 0.634 bits per heavy atom. The molecule has 3 nitrogen and oxygen atoms in total. The number of aryl methyl sites for hydroxylation is 1. The Morgan fingerprint density at radius 2 is 1.39 bits per heavy atom. The van der Waals surface area contributed by atoms with Gasteiger partial charge in [-0.1, -0.05) is 84.9 Å². The lowest BCUT2D eigenvalue weighted by Gasteiger charge is -2.13. The number of hydrogen-bond acceptors (Lipinski definition) is 0. The number of rotatable bonds is 4. The summed E-state index contributed by atoms with van der Waals surface area (Å²) in [6.45, 7) is 4.32. The molecule has 0 radical (unpaired) electrons. The van der Waals surface area contributed by atoms with E-state index < -0.39 is 0 Å². The van der Waals surface area contributed by atoms with Crippen LogP contribution in [0.25, 0.3) is 66.1 Å². The number of aromatic nitrogens is 3. The van der Waals surface area contributed by atoms with Crippen LogP contribution in [0.1, 0.15) is 18.2 Å². The normalized spacial score (nSPS) is 12.3. The average molecular weight is 528 g/mol. The molecular weight excluding hydrogens is 498 g/mol. The van der Waals surface area contributed by atoms with Crippen molar-refractivity contribution in [3.05, 3.63) is 145 Å². The summed E-state index contributed by atoms with van der Waals surface area (Å²) < 4.78 is 4.77. The molecule has 0 spiro atoms. The van der Waals surface area contributed by atoms with E-state index in [1.165, 1.54) is 71.9 Å². The van der Waals surface area contributed by atoms with Gasteiger partial charge in [-0.3, -0.25) is 0 Å². The standard InChI is InChI=1S/C38H29N3/c1-3-34(37-25(2)39-33-20-18-27(24-32(33)37)26-12-6-4-7-13-26)40-23-22-31-35(40)21-19-30-29-16-10-11-17-36(29)41(38(30)31)28-14-8-5-9-15-28/h3-24,39H,1-2H3/b34-3+. The van der Waals surface area contributed by atoms with Crippen molar-refractivity contribution in [2.45, 2.75) is 13.8 Å². The summed E-state index contributed by atoms with van der Waals surface area (Å²) in [5.74, 6) is 0. The molecule has 0 unspecified atom stereocenters. The maximum atomic E-state index is 3.65. The van der Waals surface area contributed by atoms with Crippen LogP contribution in [-0.4, -0.2) is 14.1 Å². The van der Waals surface area contributed by atoms with Crippen LogP contribution in [0.2, 0.25) is 0 Å². The number of allylic oxidation sites excluding steroid dienone is 1. The van der Waals surface area contributed by atoms with Crippen LogP contribution < -0.4 is 0 Å². The van der Waals surface area contributed by atoms with E-state index in [2.05, 4.69) is 162 Å². The summed E-state index contributed by atoms with van der Waals surface area (Å²) in [7, 11) is 0. The van der Waals surface area contributed by atoms with Gasteiger partial charge in [-0.05, 0) is 67.4 Å². The summed E-state index contributed by atoms with van der Waals surface area (Å²) >= 11 is 0. The third-order valence-corrected chi connectivity index (χ3v) is 8.40.